The number of nitrogens with two attached hydrogens (primary N) is 2. The number of halogens is 1. The van der Waals surface area contributed by atoms with Gasteiger partial charge in [-0.25, -0.2) is 4.39 Å². The average Bonchev–Trinajstić information content (AvgIpc) is 3.29. The minimum Gasteiger partial charge on any atom is -0.395 e. The molecule has 0 radical (unpaired) electrons. The van der Waals surface area contributed by atoms with Crippen molar-refractivity contribution in [3.63, 3.8) is 0 Å². The first-order valence-electron chi connectivity index (χ1n) is 12.3. The Labute approximate surface area is 219 Å². The first-order chi connectivity index (χ1) is 17.8. The van der Waals surface area contributed by atoms with Gasteiger partial charge in [-0.1, -0.05) is 56.5 Å². The molecular weight excluding hydrogens is 493 g/mol. The van der Waals surface area contributed by atoms with Crippen LogP contribution < -0.4 is 21.7 Å². The van der Waals surface area contributed by atoms with E-state index in [1.54, 1.807) is 12.1 Å². The predicted octanol–water partition coefficient (Wildman–Crippen LogP) is 4.36. The molecule has 0 saturated heterocycles. The second kappa shape index (κ2) is 11.5. The number of benzene rings is 2. The Morgan fingerprint density at radius 3 is 2.41 bits per heavy atom. The topological polar surface area (TPSA) is 131 Å². The lowest BCUT2D eigenvalue weighted by Crippen LogP contribution is -2.47. The third kappa shape index (κ3) is 5.64. The highest BCUT2D eigenvalue weighted by atomic mass is 32.1. The van der Waals surface area contributed by atoms with Crippen LogP contribution in [-0.4, -0.2) is 28.1 Å². The summed E-state index contributed by atoms with van der Waals surface area (Å²) in [5.74, 6) is -2.29. The summed E-state index contributed by atoms with van der Waals surface area (Å²) in [7, 11) is 0. The molecule has 37 heavy (non-hydrogen) atoms. The lowest BCUT2D eigenvalue weighted by atomic mass is 9.94. The number of para-hydroxylation sites is 1. The van der Waals surface area contributed by atoms with Crippen molar-refractivity contribution in [2.45, 2.75) is 57.5 Å². The van der Waals surface area contributed by atoms with Gasteiger partial charge in [-0.2, -0.15) is 4.37 Å². The Hall–Kier alpha value is -3.79. The third-order valence-corrected chi connectivity index (χ3v) is 7.50. The van der Waals surface area contributed by atoms with Gasteiger partial charge in [-0.15, -0.1) is 0 Å². The number of carbonyl (C=O) groups excluding carboxylic acids is 3. The van der Waals surface area contributed by atoms with E-state index in [9.17, 15) is 18.8 Å². The summed E-state index contributed by atoms with van der Waals surface area (Å²) in [6, 6.07) is 11.6. The second-order valence-corrected chi connectivity index (χ2v) is 9.87. The van der Waals surface area contributed by atoms with Crippen LogP contribution in [0.25, 0.3) is 0 Å². The molecule has 0 aliphatic heterocycles. The molecule has 3 amide bonds. The first-order valence-corrected chi connectivity index (χ1v) is 13.1. The van der Waals surface area contributed by atoms with Gasteiger partial charge in [-0.3, -0.25) is 19.3 Å². The summed E-state index contributed by atoms with van der Waals surface area (Å²) in [6.45, 7) is 1.95. The summed E-state index contributed by atoms with van der Waals surface area (Å²) in [5.41, 5.74) is 13.0. The maximum atomic E-state index is 14.2. The van der Waals surface area contributed by atoms with Gasteiger partial charge in [0.15, 0.2) is 5.69 Å². The van der Waals surface area contributed by atoms with E-state index in [2.05, 4.69) is 9.69 Å². The van der Waals surface area contributed by atoms with Gasteiger partial charge in [-0.05, 0) is 60.1 Å². The molecule has 4 rings (SSSR count). The second-order valence-electron chi connectivity index (χ2n) is 9.09. The van der Waals surface area contributed by atoms with E-state index in [0.717, 1.165) is 49.2 Å². The van der Waals surface area contributed by atoms with E-state index in [-0.39, 0.29) is 28.2 Å². The van der Waals surface area contributed by atoms with Crippen molar-refractivity contribution < 1.29 is 18.8 Å². The Morgan fingerprint density at radius 2 is 1.78 bits per heavy atom. The molecular formula is C27H30FN5O3S. The van der Waals surface area contributed by atoms with E-state index in [4.69, 9.17) is 11.5 Å². The SMILES string of the molecule is CCc1ccccc1N(C(=O)c1snc(C(N)=O)c1N)C(C(=O)NC1CCCCC1)c1ccc(F)cc1. The zero-order valence-electron chi connectivity index (χ0n) is 20.6. The minimum atomic E-state index is -1.12. The number of hydrogen-bond donors (Lipinski definition) is 3. The van der Waals surface area contributed by atoms with Gasteiger partial charge in [0.25, 0.3) is 11.8 Å². The Balaban J connectivity index is 1.87. The van der Waals surface area contributed by atoms with E-state index >= 15 is 0 Å². The van der Waals surface area contributed by atoms with Crippen molar-refractivity contribution in [1.82, 2.24) is 9.69 Å². The molecule has 10 heteroatoms. The van der Waals surface area contributed by atoms with Gasteiger partial charge < -0.3 is 16.8 Å². The number of primary amides is 1. The van der Waals surface area contributed by atoms with Crippen LogP contribution in [0.3, 0.4) is 0 Å². The molecule has 1 fully saturated rings. The quantitative estimate of drug-likeness (QED) is 0.404. The number of nitrogens with one attached hydrogen (secondary N) is 1. The number of carbonyl (C=O) groups is 3. The summed E-state index contributed by atoms with van der Waals surface area (Å²) in [5, 5.41) is 3.12. The van der Waals surface area contributed by atoms with Crippen LogP contribution in [0.4, 0.5) is 15.8 Å². The molecule has 1 aromatic heterocycles. The lowest BCUT2D eigenvalue weighted by Gasteiger charge is -2.34. The molecule has 2 aromatic carbocycles. The third-order valence-electron chi connectivity index (χ3n) is 6.65. The number of nitrogen functional groups attached to an aromatic ring is 1. The zero-order chi connectivity index (χ0) is 26.5. The monoisotopic (exact) mass is 523 g/mol. The van der Waals surface area contributed by atoms with Gasteiger partial charge >= 0.3 is 0 Å². The van der Waals surface area contributed by atoms with E-state index < -0.39 is 23.7 Å². The van der Waals surface area contributed by atoms with Gasteiger partial charge in [0.05, 0.1) is 5.69 Å². The van der Waals surface area contributed by atoms with Crippen LogP contribution in [0.5, 0.6) is 0 Å². The molecule has 1 aliphatic carbocycles. The van der Waals surface area contributed by atoms with Crippen LogP contribution >= 0.6 is 11.5 Å². The number of hydrogen-bond acceptors (Lipinski definition) is 6. The minimum absolute atomic E-state index is 0.00251. The number of aromatic nitrogens is 1. The summed E-state index contributed by atoms with van der Waals surface area (Å²) >= 11 is 0.753. The van der Waals surface area contributed by atoms with Gasteiger partial charge in [0, 0.05) is 11.7 Å². The van der Waals surface area contributed by atoms with Gasteiger partial charge in [0.2, 0.25) is 5.91 Å². The maximum Gasteiger partial charge on any atom is 0.273 e. The molecule has 3 aromatic rings. The van der Waals surface area contributed by atoms with E-state index in [0.29, 0.717) is 17.7 Å². The largest absolute Gasteiger partial charge is 0.395 e. The van der Waals surface area contributed by atoms with Crippen molar-refractivity contribution in [3.05, 3.63) is 76.0 Å². The maximum absolute atomic E-state index is 14.2. The number of anilines is 2. The highest BCUT2D eigenvalue weighted by Crippen LogP contribution is 2.35. The molecule has 5 N–H and O–H groups in total. The fraction of sp³-hybridized carbons (Fsp3) is 0.333. The lowest BCUT2D eigenvalue weighted by molar-refractivity contribution is -0.123. The van der Waals surface area contributed by atoms with Crippen LogP contribution in [0, 0.1) is 5.82 Å². The van der Waals surface area contributed by atoms with Crippen molar-refractivity contribution >= 4 is 40.6 Å². The average molecular weight is 524 g/mol. The molecule has 1 heterocycles. The Kier molecular flexibility index (Phi) is 8.17. The molecule has 1 atom stereocenters. The molecule has 0 spiro atoms. The van der Waals surface area contributed by atoms with Crippen molar-refractivity contribution in [3.8, 4) is 0 Å². The van der Waals surface area contributed by atoms with Crippen molar-refractivity contribution in [2.75, 3.05) is 10.6 Å². The Morgan fingerprint density at radius 1 is 1.11 bits per heavy atom. The van der Waals surface area contributed by atoms with Crippen LogP contribution in [0.15, 0.2) is 48.5 Å². The number of amides is 3. The highest BCUT2D eigenvalue weighted by molar-refractivity contribution is 7.09. The molecule has 8 nitrogen and oxygen atoms in total. The number of rotatable bonds is 8. The predicted molar refractivity (Wildman–Crippen MR) is 142 cm³/mol. The fourth-order valence-electron chi connectivity index (χ4n) is 4.74. The fourth-order valence-corrected chi connectivity index (χ4v) is 5.48. The zero-order valence-corrected chi connectivity index (χ0v) is 21.4. The van der Waals surface area contributed by atoms with Crippen LogP contribution in [0.1, 0.15) is 76.4 Å². The summed E-state index contributed by atoms with van der Waals surface area (Å²) < 4.78 is 17.9. The number of nitrogens with zero attached hydrogens (tertiary/aromatic N) is 2. The molecule has 1 unspecified atom stereocenters. The molecule has 0 bridgehead atoms. The van der Waals surface area contributed by atoms with Crippen LogP contribution in [0.2, 0.25) is 0 Å². The Bertz CT molecular complexity index is 1290. The smallest absolute Gasteiger partial charge is 0.273 e. The first kappa shape index (κ1) is 26.3. The standard InChI is InChI=1S/C27H30FN5O3S/c1-2-16-8-6-7-11-20(16)33(27(36)24-21(29)22(25(30)34)32-37-24)23(17-12-14-18(28)15-13-17)26(35)31-19-9-4-3-5-10-19/h6-8,11-15,19,23H,2-5,9-10,29H2,1H3,(H2,30,34)(H,31,35). The normalized spacial score (nSPS) is 14.6. The summed E-state index contributed by atoms with van der Waals surface area (Å²) in [6.07, 6.45) is 5.44. The number of aryl methyl sites for hydroxylation is 1. The molecule has 1 aliphatic rings. The molecule has 194 valence electrons. The van der Waals surface area contributed by atoms with Crippen molar-refractivity contribution in [1.29, 1.82) is 0 Å². The van der Waals surface area contributed by atoms with E-state index in [1.165, 1.54) is 29.2 Å². The summed E-state index contributed by atoms with van der Waals surface area (Å²) in [4.78, 5) is 41.2. The molecule has 1 saturated carbocycles. The van der Waals surface area contributed by atoms with E-state index in [1.807, 2.05) is 19.1 Å². The highest BCUT2D eigenvalue weighted by Gasteiger charge is 2.37. The van der Waals surface area contributed by atoms with Crippen LogP contribution in [-0.2, 0) is 11.2 Å². The van der Waals surface area contributed by atoms with Crippen molar-refractivity contribution in [2.24, 2.45) is 5.73 Å². The van der Waals surface area contributed by atoms with Gasteiger partial charge in [0.1, 0.15) is 16.7 Å².